The van der Waals surface area contributed by atoms with Crippen LogP contribution in [-0.4, -0.2) is 16.2 Å². The van der Waals surface area contributed by atoms with Crippen molar-refractivity contribution in [3.8, 4) is 11.3 Å². The van der Waals surface area contributed by atoms with Gasteiger partial charge in [-0.05, 0) is 24.8 Å². The van der Waals surface area contributed by atoms with Crippen molar-refractivity contribution in [1.82, 2.24) is 5.16 Å². The number of hydrogen-bond acceptors (Lipinski definition) is 3. The van der Waals surface area contributed by atoms with Gasteiger partial charge in [0.2, 0.25) is 0 Å². The Balaban J connectivity index is 2.30. The Kier molecular flexibility index (Phi) is 3.69. The summed E-state index contributed by atoms with van der Waals surface area (Å²) >= 11 is 0. The third-order valence-electron chi connectivity index (χ3n) is 2.99. The lowest BCUT2D eigenvalue weighted by Crippen LogP contribution is -1.98. The lowest BCUT2D eigenvalue weighted by molar-refractivity contribution is 0.0685. The second-order valence-electron chi connectivity index (χ2n) is 5.09. The van der Waals surface area contributed by atoms with Crippen molar-refractivity contribution in [3.05, 3.63) is 41.1 Å². The summed E-state index contributed by atoms with van der Waals surface area (Å²) in [5.74, 6) is 0.0638. The molecular weight excluding hydrogens is 242 g/mol. The van der Waals surface area contributed by atoms with Gasteiger partial charge in [0.15, 0.2) is 11.5 Å². The summed E-state index contributed by atoms with van der Waals surface area (Å²) < 4.78 is 5.13. The number of carboxylic acid groups (broad SMARTS) is 1. The van der Waals surface area contributed by atoms with Crippen molar-refractivity contribution in [3.63, 3.8) is 0 Å². The van der Waals surface area contributed by atoms with Crippen molar-refractivity contribution in [2.24, 2.45) is 5.92 Å². The molecule has 0 aliphatic rings. The molecule has 0 atom stereocenters. The highest BCUT2D eigenvalue weighted by molar-refractivity contribution is 5.88. The molecule has 2 rings (SSSR count). The summed E-state index contributed by atoms with van der Waals surface area (Å²) in [4.78, 5) is 10.9. The fourth-order valence-electron chi connectivity index (χ4n) is 2.07. The second kappa shape index (κ2) is 5.26. The van der Waals surface area contributed by atoms with Crippen LogP contribution in [0.5, 0.6) is 0 Å². The molecular formula is C15H17NO3. The van der Waals surface area contributed by atoms with Crippen LogP contribution in [-0.2, 0) is 6.42 Å². The van der Waals surface area contributed by atoms with Crippen LogP contribution in [0, 0.1) is 12.8 Å². The van der Waals surface area contributed by atoms with Crippen LogP contribution in [0.15, 0.2) is 28.8 Å². The van der Waals surface area contributed by atoms with E-state index in [1.165, 1.54) is 5.56 Å². The lowest BCUT2D eigenvalue weighted by Gasteiger charge is -2.05. The summed E-state index contributed by atoms with van der Waals surface area (Å²) in [5.41, 5.74) is 2.64. The van der Waals surface area contributed by atoms with E-state index in [4.69, 9.17) is 9.63 Å². The SMILES string of the molecule is Cc1c(C(=O)O)noc1-c1ccc(CC(C)C)cc1. The van der Waals surface area contributed by atoms with Gasteiger partial charge in [-0.25, -0.2) is 4.79 Å². The highest BCUT2D eigenvalue weighted by Crippen LogP contribution is 2.26. The van der Waals surface area contributed by atoms with Crippen molar-refractivity contribution in [1.29, 1.82) is 0 Å². The number of aromatic nitrogens is 1. The topological polar surface area (TPSA) is 63.3 Å². The third kappa shape index (κ3) is 2.84. The zero-order valence-corrected chi connectivity index (χ0v) is 11.3. The monoisotopic (exact) mass is 259 g/mol. The standard InChI is InChI=1S/C15H17NO3/c1-9(2)8-11-4-6-12(7-5-11)14-10(3)13(15(17)18)16-19-14/h4-7,9H,8H2,1-3H3,(H,17,18). The Labute approximate surface area is 112 Å². The average molecular weight is 259 g/mol. The van der Waals surface area contributed by atoms with Gasteiger partial charge in [0.1, 0.15) is 0 Å². The number of aromatic carboxylic acids is 1. The molecule has 4 heteroatoms. The van der Waals surface area contributed by atoms with Crippen LogP contribution < -0.4 is 0 Å². The Morgan fingerprint density at radius 2 is 1.95 bits per heavy atom. The number of carbonyl (C=O) groups is 1. The van der Waals surface area contributed by atoms with Crippen molar-refractivity contribution >= 4 is 5.97 Å². The third-order valence-corrected chi connectivity index (χ3v) is 2.99. The number of carboxylic acids is 1. The van der Waals surface area contributed by atoms with Crippen LogP contribution in [0.3, 0.4) is 0 Å². The molecule has 1 N–H and O–H groups in total. The quantitative estimate of drug-likeness (QED) is 0.912. The largest absolute Gasteiger partial charge is 0.476 e. The summed E-state index contributed by atoms with van der Waals surface area (Å²) in [6, 6.07) is 7.96. The normalized spacial score (nSPS) is 10.9. The molecule has 0 fully saturated rings. The van der Waals surface area contributed by atoms with Crippen LogP contribution >= 0.6 is 0 Å². The first-order valence-corrected chi connectivity index (χ1v) is 6.28. The van der Waals surface area contributed by atoms with Gasteiger partial charge in [0.25, 0.3) is 0 Å². The van der Waals surface area contributed by atoms with Crippen molar-refractivity contribution < 1.29 is 14.4 Å². The maximum absolute atomic E-state index is 10.9. The molecule has 0 amide bonds. The number of nitrogens with zero attached hydrogens (tertiary/aromatic N) is 1. The first-order chi connectivity index (χ1) is 8.99. The van der Waals surface area contributed by atoms with Crippen molar-refractivity contribution in [2.75, 3.05) is 0 Å². The highest BCUT2D eigenvalue weighted by atomic mass is 16.5. The van der Waals surface area contributed by atoms with Gasteiger partial charge < -0.3 is 9.63 Å². The molecule has 2 aromatic rings. The molecule has 0 unspecified atom stereocenters. The molecule has 0 radical (unpaired) electrons. The molecule has 1 aromatic carbocycles. The Morgan fingerprint density at radius 1 is 1.32 bits per heavy atom. The molecule has 0 saturated carbocycles. The molecule has 0 bridgehead atoms. The van der Waals surface area contributed by atoms with Gasteiger partial charge in [0.05, 0.1) is 0 Å². The van der Waals surface area contributed by atoms with Crippen LogP contribution in [0.2, 0.25) is 0 Å². The molecule has 0 aliphatic heterocycles. The van der Waals surface area contributed by atoms with E-state index in [-0.39, 0.29) is 5.69 Å². The minimum Gasteiger partial charge on any atom is -0.476 e. The molecule has 1 heterocycles. The van der Waals surface area contributed by atoms with Crippen LogP contribution in [0.25, 0.3) is 11.3 Å². The van der Waals surface area contributed by atoms with E-state index in [0.717, 1.165) is 12.0 Å². The molecule has 0 spiro atoms. The molecule has 0 aliphatic carbocycles. The predicted molar refractivity (Wildman–Crippen MR) is 72.2 cm³/mol. The minimum absolute atomic E-state index is 0.0266. The molecule has 19 heavy (non-hydrogen) atoms. The van der Waals surface area contributed by atoms with Gasteiger partial charge in [-0.3, -0.25) is 0 Å². The number of hydrogen-bond donors (Lipinski definition) is 1. The van der Waals surface area contributed by atoms with E-state index in [2.05, 4.69) is 19.0 Å². The summed E-state index contributed by atoms with van der Waals surface area (Å²) in [5, 5.41) is 12.5. The van der Waals surface area contributed by atoms with Gasteiger partial charge in [0, 0.05) is 11.1 Å². The molecule has 0 saturated heterocycles. The average Bonchev–Trinajstić information content (AvgIpc) is 2.71. The first kappa shape index (κ1) is 13.3. The van der Waals surface area contributed by atoms with E-state index in [1.807, 2.05) is 24.3 Å². The van der Waals surface area contributed by atoms with Gasteiger partial charge in [-0.2, -0.15) is 0 Å². The van der Waals surface area contributed by atoms with Crippen LogP contribution in [0.1, 0.15) is 35.5 Å². The van der Waals surface area contributed by atoms with Gasteiger partial charge in [-0.15, -0.1) is 0 Å². The Morgan fingerprint density at radius 3 is 2.42 bits per heavy atom. The molecule has 100 valence electrons. The highest BCUT2D eigenvalue weighted by Gasteiger charge is 2.18. The summed E-state index contributed by atoms with van der Waals surface area (Å²) in [6.07, 6.45) is 1.02. The smallest absolute Gasteiger partial charge is 0.358 e. The number of rotatable bonds is 4. The summed E-state index contributed by atoms with van der Waals surface area (Å²) in [7, 11) is 0. The van der Waals surface area contributed by atoms with Crippen LogP contribution in [0.4, 0.5) is 0 Å². The predicted octanol–water partition coefficient (Wildman–Crippen LogP) is 3.55. The molecule has 1 aromatic heterocycles. The second-order valence-corrected chi connectivity index (χ2v) is 5.09. The van der Waals surface area contributed by atoms with E-state index >= 15 is 0 Å². The fraction of sp³-hybridized carbons (Fsp3) is 0.333. The molecule has 4 nitrogen and oxygen atoms in total. The van der Waals surface area contributed by atoms with E-state index in [0.29, 0.717) is 17.2 Å². The fourth-order valence-corrected chi connectivity index (χ4v) is 2.07. The van der Waals surface area contributed by atoms with E-state index < -0.39 is 5.97 Å². The zero-order chi connectivity index (χ0) is 14.0. The summed E-state index contributed by atoms with van der Waals surface area (Å²) in [6.45, 7) is 6.05. The van der Waals surface area contributed by atoms with Crippen molar-refractivity contribution in [2.45, 2.75) is 27.2 Å². The lowest BCUT2D eigenvalue weighted by atomic mass is 10.0. The van der Waals surface area contributed by atoms with Gasteiger partial charge in [-0.1, -0.05) is 43.3 Å². The first-order valence-electron chi connectivity index (χ1n) is 6.28. The maximum Gasteiger partial charge on any atom is 0.358 e. The number of benzene rings is 1. The zero-order valence-electron chi connectivity index (χ0n) is 11.3. The minimum atomic E-state index is -1.07. The Bertz CT molecular complexity index is 582. The van der Waals surface area contributed by atoms with Gasteiger partial charge >= 0.3 is 5.97 Å². The Hall–Kier alpha value is -2.10. The maximum atomic E-state index is 10.9. The van der Waals surface area contributed by atoms with E-state index in [1.54, 1.807) is 6.92 Å². The van der Waals surface area contributed by atoms with E-state index in [9.17, 15) is 4.79 Å².